The minimum atomic E-state index is -2.96. The summed E-state index contributed by atoms with van der Waals surface area (Å²) in [6.45, 7) is 3.44. The van der Waals surface area contributed by atoms with Crippen molar-refractivity contribution < 1.29 is 13.5 Å². The highest BCUT2D eigenvalue weighted by Gasteiger charge is 2.21. The van der Waals surface area contributed by atoms with E-state index in [-0.39, 0.29) is 17.3 Å². The van der Waals surface area contributed by atoms with Gasteiger partial charge in [-0.1, -0.05) is 30.1 Å². The number of hydrogen-bond acceptors (Lipinski definition) is 3. The van der Waals surface area contributed by atoms with Gasteiger partial charge in [0.05, 0.1) is 5.02 Å². The highest BCUT2D eigenvalue weighted by atomic mass is 35.5. The van der Waals surface area contributed by atoms with E-state index < -0.39 is 6.61 Å². The lowest BCUT2D eigenvalue weighted by molar-refractivity contribution is -0.0504. The summed E-state index contributed by atoms with van der Waals surface area (Å²) in [4.78, 5) is 6.57. The normalized spacial score (nSPS) is 18.4. The maximum atomic E-state index is 12.6. The first-order valence-corrected chi connectivity index (χ1v) is 9.28. The van der Waals surface area contributed by atoms with Crippen LogP contribution >= 0.6 is 23.2 Å². The molecule has 0 aliphatic carbocycles. The van der Waals surface area contributed by atoms with Gasteiger partial charge in [-0.3, -0.25) is 4.99 Å². The van der Waals surface area contributed by atoms with Crippen molar-refractivity contribution in [2.75, 3.05) is 33.2 Å². The molecular formula is C17H24Cl2F2N4O. The summed E-state index contributed by atoms with van der Waals surface area (Å²) in [5.41, 5.74) is 0.434. The first-order chi connectivity index (χ1) is 12.4. The summed E-state index contributed by atoms with van der Waals surface area (Å²) < 4.78 is 29.8. The number of alkyl halides is 2. The van der Waals surface area contributed by atoms with E-state index in [1.807, 2.05) is 0 Å². The Morgan fingerprint density at radius 3 is 2.77 bits per heavy atom. The van der Waals surface area contributed by atoms with Gasteiger partial charge in [0.15, 0.2) is 5.96 Å². The van der Waals surface area contributed by atoms with Crippen molar-refractivity contribution in [2.24, 2.45) is 10.9 Å². The average Bonchev–Trinajstić information content (AvgIpc) is 3.05. The zero-order chi connectivity index (χ0) is 19.1. The molecule has 0 amide bonds. The van der Waals surface area contributed by atoms with Gasteiger partial charge in [0, 0.05) is 37.3 Å². The van der Waals surface area contributed by atoms with Gasteiger partial charge in [-0.2, -0.15) is 8.78 Å². The number of benzene rings is 1. The highest BCUT2D eigenvalue weighted by molar-refractivity contribution is 6.35. The van der Waals surface area contributed by atoms with Crippen LogP contribution in [-0.4, -0.2) is 50.7 Å². The number of guanidine groups is 1. The number of nitrogens with zero attached hydrogens (tertiary/aromatic N) is 2. The van der Waals surface area contributed by atoms with Gasteiger partial charge in [0.25, 0.3) is 0 Å². The van der Waals surface area contributed by atoms with Gasteiger partial charge in [-0.25, -0.2) is 0 Å². The van der Waals surface area contributed by atoms with Crippen LogP contribution in [0.2, 0.25) is 10.0 Å². The van der Waals surface area contributed by atoms with Crippen molar-refractivity contribution in [3.63, 3.8) is 0 Å². The van der Waals surface area contributed by atoms with Crippen LogP contribution in [0.3, 0.4) is 0 Å². The highest BCUT2D eigenvalue weighted by Crippen LogP contribution is 2.33. The molecule has 146 valence electrons. The Bertz CT molecular complexity index is 631. The van der Waals surface area contributed by atoms with E-state index in [4.69, 9.17) is 23.2 Å². The summed E-state index contributed by atoms with van der Waals surface area (Å²) in [5.74, 6) is 1.06. The standard InChI is InChI=1S/C17H24Cl2F2N4O/c1-3-25-5-4-11(10-25)8-23-17(22-2)24-9-12-6-13(18)7-14(19)15(12)26-16(20)21/h6-7,11,16H,3-5,8-10H2,1-2H3,(H2,22,23,24). The van der Waals surface area contributed by atoms with Gasteiger partial charge in [0.1, 0.15) is 5.75 Å². The Labute approximate surface area is 162 Å². The Hall–Kier alpha value is -1.31. The van der Waals surface area contributed by atoms with Crippen molar-refractivity contribution in [1.29, 1.82) is 0 Å². The molecule has 5 nitrogen and oxygen atoms in total. The Balaban J connectivity index is 1.93. The first-order valence-electron chi connectivity index (χ1n) is 8.52. The van der Waals surface area contributed by atoms with Gasteiger partial charge in [-0.15, -0.1) is 0 Å². The molecule has 1 aliphatic rings. The third kappa shape index (κ3) is 6.14. The van der Waals surface area contributed by atoms with Crippen molar-refractivity contribution >= 4 is 29.2 Å². The maximum Gasteiger partial charge on any atom is 0.387 e. The molecule has 9 heteroatoms. The van der Waals surface area contributed by atoms with E-state index in [1.54, 1.807) is 13.1 Å². The van der Waals surface area contributed by atoms with Crippen LogP contribution in [-0.2, 0) is 6.54 Å². The Morgan fingerprint density at radius 1 is 1.38 bits per heavy atom. The zero-order valence-corrected chi connectivity index (χ0v) is 16.4. The molecule has 1 aromatic carbocycles. The van der Waals surface area contributed by atoms with Crippen LogP contribution in [0.1, 0.15) is 18.9 Å². The molecule has 1 heterocycles. The lowest BCUT2D eigenvalue weighted by Gasteiger charge is -2.18. The SMILES string of the molecule is CCN1CCC(CNC(=NC)NCc2cc(Cl)cc(Cl)c2OC(F)F)C1. The van der Waals surface area contributed by atoms with Crippen LogP contribution in [0.4, 0.5) is 8.78 Å². The number of ether oxygens (including phenoxy) is 1. The topological polar surface area (TPSA) is 48.9 Å². The predicted octanol–water partition coefficient (Wildman–Crippen LogP) is 3.60. The summed E-state index contributed by atoms with van der Waals surface area (Å²) in [6.07, 6.45) is 1.15. The minimum absolute atomic E-state index is 0.0446. The molecule has 1 aromatic rings. The van der Waals surface area contributed by atoms with Gasteiger partial charge >= 0.3 is 6.61 Å². The fraction of sp³-hybridized carbons (Fsp3) is 0.588. The molecule has 2 N–H and O–H groups in total. The second-order valence-electron chi connectivity index (χ2n) is 6.11. The summed E-state index contributed by atoms with van der Waals surface area (Å²) in [5, 5.41) is 6.75. The molecule has 0 radical (unpaired) electrons. The number of nitrogens with one attached hydrogen (secondary N) is 2. The lowest BCUT2D eigenvalue weighted by Crippen LogP contribution is -2.40. The second-order valence-corrected chi connectivity index (χ2v) is 6.95. The molecule has 1 saturated heterocycles. The third-order valence-corrected chi connectivity index (χ3v) is 4.84. The summed E-state index contributed by atoms with van der Waals surface area (Å²) >= 11 is 12.0. The number of halogens is 4. The van der Waals surface area contributed by atoms with E-state index in [0.717, 1.165) is 32.6 Å². The molecule has 0 aromatic heterocycles. The molecule has 2 rings (SSSR count). The predicted molar refractivity (Wildman–Crippen MR) is 102 cm³/mol. The van der Waals surface area contributed by atoms with E-state index in [2.05, 4.69) is 32.2 Å². The van der Waals surface area contributed by atoms with Crippen LogP contribution in [0.25, 0.3) is 0 Å². The lowest BCUT2D eigenvalue weighted by atomic mass is 10.1. The van der Waals surface area contributed by atoms with E-state index in [1.165, 1.54) is 6.07 Å². The molecule has 26 heavy (non-hydrogen) atoms. The van der Waals surface area contributed by atoms with Crippen LogP contribution in [0, 0.1) is 5.92 Å². The number of likely N-dealkylation sites (tertiary alicyclic amines) is 1. The van der Waals surface area contributed by atoms with E-state index in [9.17, 15) is 8.78 Å². The molecule has 1 unspecified atom stereocenters. The summed E-state index contributed by atoms with van der Waals surface area (Å²) in [7, 11) is 1.66. The van der Waals surface area contributed by atoms with Gasteiger partial charge < -0.3 is 20.3 Å². The summed E-state index contributed by atoms with van der Waals surface area (Å²) in [6, 6.07) is 2.92. The Kier molecular flexibility index (Phi) is 8.18. The molecule has 1 atom stereocenters. The van der Waals surface area contributed by atoms with Gasteiger partial charge in [0.2, 0.25) is 0 Å². The molecule has 0 saturated carbocycles. The maximum absolute atomic E-state index is 12.6. The van der Waals surface area contributed by atoms with E-state index in [0.29, 0.717) is 22.5 Å². The average molecular weight is 409 g/mol. The smallest absolute Gasteiger partial charge is 0.387 e. The largest absolute Gasteiger partial charge is 0.433 e. The quantitative estimate of drug-likeness (QED) is 0.534. The molecular weight excluding hydrogens is 385 g/mol. The monoisotopic (exact) mass is 408 g/mol. The van der Waals surface area contributed by atoms with Crippen LogP contribution in [0.5, 0.6) is 5.75 Å². The number of rotatable bonds is 7. The molecule has 0 bridgehead atoms. The molecule has 0 spiro atoms. The number of aliphatic imine (C=N–C) groups is 1. The number of hydrogen-bond donors (Lipinski definition) is 2. The van der Waals surface area contributed by atoms with Gasteiger partial charge in [-0.05, 0) is 37.6 Å². The van der Waals surface area contributed by atoms with Crippen molar-refractivity contribution in [1.82, 2.24) is 15.5 Å². The first kappa shape index (κ1) is 21.0. The van der Waals surface area contributed by atoms with E-state index >= 15 is 0 Å². The van der Waals surface area contributed by atoms with Crippen LogP contribution in [0.15, 0.2) is 17.1 Å². The second kappa shape index (κ2) is 10.1. The minimum Gasteiger partial charge on any atom is -0.433 e. The van der Waals surface area contributed by atoms with Crippen LogP contribution < -0.4 is 15.4 Å². The third-order valence-electron chi connectivity index (χ3n) is 4.34. The van der Waals surface area contributed by atoms with Crippen molar-refractivity contribution in [3.8, 4) is 5.75 Å². The van der Waals surface area contributed by atoms with Crippen molar-refractivity contribution in [2.45, 2.75) is 26.5 Å². The fourth-order valence-corrected chi connectivity index (χ4v) is 3.55. The zero-order valence-electron chi connectivity index (χ0n) is 14.9. The Morgan fingerprint density at radius 2 is 2.15 bits per heavy atom. The van der Waals surface area contributed by atoms with Crippen molar-refractivity contribution in [3.05, 3.63) is 27.7 Å². The molecule has 1 fully saturated rings. The fourth-order valence-electron chi connectivity index (χ4n) is 2.97. The molecule has 1 aliphatic heterocycles.